The second-order valence-corrected chi connectivity index (χ2v) is 7.47. The number of rotatable bonds is 5. The summed E-state index contributed by atoms with van der Waals surface area (Å²) in [6.07, 6.45) is -1.15. The van der Waals surface area contributed by atoms with Gasteiger partial charge in [0.15, 0.2) is 0 Å². The molecule has 0 bridgehead atoms. The van der Waals surface area contributed by atoms with Gasteiger partial charge in [0.05, 0.1) is 6.04 Å². The average Bonchev–Trinajstić information content (AvgIpc) is 2.55. The van der Waals surface area contributed by atoms with Gasteiger partial charge >= 0.3 is 6.03 Å². The van der Waals surface area contributed by atoms with Gasteiger partial charge in [-0.25, -0.2) is 4.79 Å². The molecule has 0 aliphatic heterocycles. The Morgan fingerprint density at radius 2 is 1.50 bits per heavy atom. The van der Waals surface area contributed by atoms with Crippen molar-refractivity contribution in [3.05, 3.63) is 66.2 Å². The van der Waals surface area contributed by atoms with E-state index in [0.29, 0.717) is 5.75 Å². The second kappa shape index (κ2) is 8.47. The maximum atomic E-state index is 12.2. The van der Waals surface area contributed by atoms with Crippen LogP contribution >= 0.6 is 34.8 Å². The summed E-state index contributed by atoms with van der Waals surface area (Å²) in [5, 5.41) is 5.32. The van der Waals surface area contributed by atoms with E-state index in [2.05, 4.69) is 10.6 Å². The lowest BCUT2D eigenvalue weighted by Gasteiger charge is -2.27. The SMILES string of the molecule is C[C@H](NC(=O)N[C@H](Oc1ccccc1)C(Cl)(Cl)Cl)c1ccccc1. The summed E-state index contributed by atoms with van der Waals surface area (Å²) in [6.45, 7) is 1.86. The minimum Gasteiger partial charge on any atom is -0.466 e. The first-order valence-electron chi connectivity index (χ1n) is 7.26. The zero-order valence-electron chi connectivity index (χ0n) is 12.9. The molecule has 128 valence electrons. The third kappa shape index (κ3) is 5.78. The van der Waals surface area contributed by atoms with E-state index in [4.69, 9.17) is 39.5 Å². The monoisotopic (exact) mass is 386 g/mol. The third-order valence-corrected chi connectivity index (χ3v) is 3.80. The Bertz CT molecular complexity index is 648. The van der Waals surface area contributed by atoms with Crippen LogP contribution in [0.15, 0.2) is 60.7 Å². The molecular formula is C17H17Cl3N2O2. The molecular weight excluding hydrogens is 371 g/mol. The number of alkyl halides is 3. The Labute approximate surface area is 156 Å². The fraction of sp³-hybridized carbons (Fsp3) is 0.235. The van der Waals surface area contributed by atoms with Crippen molar-refractivity contribution in [2.45, 2.75) is 23.0 Å². The topological polar surface area (TPSA) is 50.4 Å². The van der Waals surface area contributed by atoms with E-state index in [9.17, 15) is 4.79 Å². The van der Waals surface area contributed by atoms with Crippen LogP contribution in [0.2, 0.25) is 0 Å². The summed E-state index contributed by atoms with van der Waals surface area (Å²) in [4.78, 5) is 12.2. The van der Waals surface area contributed by atoms with Gasteiger partial charge in [-0.1, -0.05) is 83.3 Å². The number of urea groups is 1. The van der Waals surface area contributed by atoms with E-state index in [0.717, 1.165) is 5.56 Å². The molecule has 4 nitrogen and oxygen atoms in total. The van der Waals surface area contributed by atoms with Crippen molar-refractivity contribution in [2.24, 2.45) is 0 Å². The van der Waals surface area contributed by atoms with Crippen LogP contribution in [0.1, 0.15) is 18.5 Å². The molecule has 2 N–H and O–H groups in total. The number of carbonyl (C=O) groups excluding carboxylic acids is 1. The first-order valence-corrected chi connectivity index (χ1v) is 8.40. The largest absolute Gasteiger partial charge is 0.466 e. The molecule has 0 saturated carbocycles. The Kier molecular flexibility index (Phi) is 6.60. The number of benzene rings is 2. The standard InChI is InChI=1S/C17H17Cl3N2O2/c1-12(13-8-4-2-5-9-13)21-16(23)22-15(17(18,19)20)24-14-10-6-3-7-11-14/h2-12,15H,1H3,(H2,21,22,23)/t12-,15+/m0/s1. The molecule has 0 saturated heterocycles. The van der Waals surface area contributed by atoms with Crippen molar-refractivity contribution >= 4 is 40.8 Å². The second-order valence-electron chi connectivity index (χ2n) is 5.10. The van der Waals surface area contributed by atoms with Crippen molar-refractivity contribution in [3.8, 4) is 5.75 Å². The maximum Gasteiger partial charge on any atom is 0.318 e. The van der Waals surface area contributed by atoms with Crippen molar-refractivity contribution in [1.29, 1.82) is 0 Å². The van der Waals surface area contributed by atoms with Crippen LogP contribution in [0, 0.1) is 0 Å². The van der Waals surface area contributed by atoms with Crippen LogP contribution in [-0.4, -0.2) is 16.1 Å². The Morgan fingerprint density at radius 1 is 0.958 bits per heavy atom. The number of para-hydroxylation sites is 1. The molecule has 7 heteroatoms. The number of hydrogen-bond donors (Lipinski definition) is 2. The summed E-state index contributed by atoms with van der Waals surface area (Å²) in [7, 11) is 0. The molecule has 24 heavy (non-hydrogen) atoms. The van der Waals surface area contributed by atoms with Crippen LogP contribution < -0.4 is 15.4 Å². The van der Waals surface area contributed by atoms with Gasteiger partial charge in [0.1, 0.15) is 5.75 Å². The zero-order valence-corrected chi connectivity index (χ0v) is 15.1. The van der Waals surface area contributed by atoms with E-state index in [1.54, 1.807) is 24.3 Å². The van der Waals surface area contributed by atoms with Gasteiger partial charge in [0.2, 0.25) is 10.0 Å². The van der Waals surface area contributed by atoms with Gasteiger partial charge < -0.3 is 10.1 Å². The number of halogens is 3. The van der Waals surface area contributed by atoms with Crippen molar-refractivity contribution in [1.82, 2.24) is 10.6 Å². The van der Waals surface area contributed by atoms with Gasteiger partial charge in [-0.05, 0) is 24.6 Å². The smallest absolute Gasteiger partial charge is 0.318 e. The number of ether oxygens (including phenoxy) is 1. The van der Waals surface area contributed by atoms with Gasteiger partial charge in [-0.2, -0.15) is 0 Å². The molecule has 0 spiro atoms. The number of nitrogens with one attached hydrogen (secondary N) is 2. The minimum atomic E-state index is -1.83. The molecule has 0 aliphatic rings. The van der Waals surface area contributed by atoms with Crippen molar-refractivity contribution in [3.63, 3.8) is 0 Å². The van der Waals surface area contributed by atoms with E-state index < -0.39 is 16.1 Å². The first-order chi connectivity index (χ1) is 11.4. The van der Waals surface area contributed by atoms with Crippen LogP contribution in [0.5, 0.6) is 5.75 Å². The molecule has 2 rings (SSSR count). The van der Waals surface area contributed by atoms with E-state index in [1.807, 2.05) is 43.3 Å². The lowest BCUT2D eigenvalue weighted by Crippen LogP contribution is -2.51. The summed E-state index contributed by atoms with van der Waals surface area (Å²) < 4.78 is 3.74. The van der Waals surface area contributed by atoms with Crippen LogP contribution in [0.4, 0.5) is 4.79 Å². The van der Waals surface area contributed by atoms with E-state index in [1.165, 1.54) is 0 Å². The normalized spacial score (nSPS) is 13.7. The van der Waals surface area contributed by atoms with E-state index >= 15 is 0 Å². The Hall–Kier alpha value is -1.62. The molecule has 0 fully saturated rings. The minimum absolute atomic E-state index is 0.209. The summed E-state index contributed by atoms with van der Waals surface area (Å²) in [5.41, 5.74) is 0.960. The number of carbonyl (C=O) groups is 1. The van der Waals surface area contributed by atoms with Gasteiger partial charge in [-0.15, -0.1) is 0 Å². The summed E-state index contributed by atoms with van der Waals surface area (Å²) in [5.74, 6) is 0.477. The highest BCUT2D eigenvalue weighted by atomic mass is 35.6. The fourth-order valence-corrected chi connectivity index (χ4v) is 2.29. The Morgan fingerprint density at radius 3 is 2.04 bits per heavy atom. The first kappa shape index (κ1) is 18.7. The predicted molar refractivity (Wildman–Crippen MR) is 97.7 cm³/mol. The van der Waals surface area contributed by atoms with Gasteiger partial charge in [0, 0.05) is 0 Å². The molecule has 2 amide bonds. The van der Waals surface area contributed by atoms with Gasteiger partial charge in [-0.3, -0.25) is 5.32 Å². The number of hydrogen-bond acceptors (Lipinski definition) is 2. The highest BCUT2D eigenvalue weighted by Gasteiger charge is 2.36. The molecule has 0 radical (unpaired) electrons. The van der Waals surface area contributed by atoms with Crippen LogP contribution in [-0.2, 0) is 0 Å². The quantitative estimate of drug-likeness (QED) is 0.571. The van der Waals surface area contributed by atoms with Crippen molar-refractivity contribution < 1.29 is 9.53 Å². The highest BCUT2D eigenvalue weighted by Crippen LogP contribution is 2.31. The van der Waals surface area contributed by atoms with E-state index in [-0.39, 0.29) is 6.04 Å². The molecule has 2 atom stereocenters. The number of amides is 2. The molecule has 0 unspecified atom stereocenters. The van der Waals surface area contributed by atoms with Crippen LogP contribution in [0.25, 0.3) is 0 Å². The van der Waals surface area contributed by atoms with Crippen molar-refractivity contribution in [2.75, 3.05) is 0 Å². The zero-order chi connectivity index (χ0) is 17.6. The maximum absolute atomic E-state index is 12.2. The summed E-state index contributed by atoms with van der Waals surface area (Å²) in [6, 6.07) is 17.6. The average molecular weight is 388 g/mol. The molecule has 0 aliphatic carbocycles. The van der Waals surface area contributed by atoms with Gasteiger partial charge in [0.25, 0.3) is 0 Å². The lowest BCUT2D eigenvalue weighted by atomic mass is 10.1. The third-order valence-electron chi connectivity index (χ3n) is 3.20. The predicted octanol–water partition coefficient (Wildman–Crippen LogP) is 4.82. The molecule has 2 aromatic carbocycles. The molecule has 2 aromatic rings. The molecule has 0 heterocycles. The van der Waals surface area contributed by atoms with Crippen LogP contribution in [0.3, 0.4) is 0 Å². The highest BCUT2D eigenvalue weighted by molar-refractivity contribution is 6.68. The lowest BCUT2D eigenvalue weighted by molar-refractivity contribution is 0.164. The summed E-state index contributed by atoms with van der Waals surface area (Å²) >= 11 is 17.7. The molecule has 0 aromatic heterocycles. The fourth-order valence-electron chi connectivity index (χ4n) is 2.00. The Balaban J connectivity index is 2.00.